The Morgan fingerprint density at radius 2 is 1.67 bits per heavy atom. The molecule has 27 heavy (non-hydrogen) atoms. The van der Waals surface area contributed by atoms with Crippen LogP contribution in [0.3, 0.4) is 0 Å². The zero-order chi connectivity index (χ0) is 18.9. The Morgan fingerprint density at radius 3 is 2.37 bits per heavy atom. The summed E-state index contributed by atoms with van der Waals surface area (Å²) >= 11 is 0. The predicted octanol–water partition coefficient (Wildman–Crippen LogP) is 1.37. The molecule has 1 aromatic carbocycles. The van der Waals surface area contributed by atoms with Gasteiger partial charge in [0.25, 0.3) is 11.8 Å². The highest BCUT2D eigenvalue weighted by atomic mass is 19.1. The number of likely N-dealkylation sites (tertiary alicyclic amines) is 1. The molecule has 1 atom stereocenters. The summed E-state index contributed by atoms with van der Waals surface area (Å²) in [6, 6.07) is 7.16. The number of amides is 2. The van der Waals surface area contributed by atoms with E-state index in [-0.39, 0.29) is 17.6 Å². The summed E-state index contributed by atoms with van der Waals surface area (Å²) in [5.41, 5.74) is 0.365. The molecule has 2 saturated heterocycles. The monoisotopic (exact) mass is 370 g/mol. The summed E-state index contributed by atoms with van der Waals surface area (Å²) in [7, 11) is 0. The molecule has 140 valence electrons. The first kappa shape index (κ1) is 17.5. The zero-order valence-corrected chi connectivity index (χ0v) is 14.7. The van der Waals surface area contributed by atoms with Gasteiger partial charge in [0.1, 0.15) is 11.4 Å². The number of nitrogens with zero attached hydrogens (tertiary/aromatic N) is 4. The fourth-order valence-corrected chi connectivity index (χ4v) is 3.66. The van der Waals surface area contributed by atoms with Crippen LogP contribution in [0, 0.1) is 5.82 Å². The second kappa shape index (κ2) is 7.03. The van der Waals surface area contributed by atoms with Crippen LogP contribution in [-0.2, 0) is 4.74 Å². The molecular weight excluding hydrogens is 351 g/mol. The summed E-state index contributed by atoms with van der Waals surface area (Å²) in [5, 5.41) is 7.45. The van der Waals surface area contributed by atoms with E-state index in [9.17, 15) is 14.0 Å². The van der Waals surface area contributed by atoms with Gasteiger partial charge in [0, 0.05) is 18.7 Å². The van der Waals surface area contributed by atoms with Crippen molar-refractivity contribution in [3.05, 3.63) is 59.7 Å². The molecule has 7 nitrogen and oxygen atoms in total. The molecule has 1 aromatic heterocycles. The van der Waals surface area contributed by atoms with E-state index in [1.165, 1.54) is 36.7 Å². The number of ether oxygens (including phenoxy) is 1. The number of aromatic nitrogens is 2. The molecule has 2 fully saturated rings. The number of carbonyl (C=O) groups excluding carboxylic acids is 2. The van der Waals surface area contributed by atoms with Gasteiger partial charge < -0.3 is 14.5 Å². The lowest BCUT2D eigenvalue weighted by Gasteiger charge is -2.40. The molecule has 2 aliphatic heterocycles. The SMILES string of the molecule is O=C(c1ccnnc1)N1CCO[C@@]2(CCN(C(=O)c3ccc(F)cc3)C2)C1. The number of halogens is 1. The van der Waals surface area contributed by atoms with Crippen LogP contribution in [0.4, 0.5) is 4.39 Å². The highest BCUT2D eigenvalue weighted by molar-refractivity contribution is 5.95. The van der Waals surface area contributed by atoms with Gasteiger partial charge >= 0.3 is 0 Å². The second-order valence-corrected chi connectivity index (χ2v) is 6.87. The Kier molecular flexibility index (Phi) is 4.57. The third-order valence-electron chi connectivity index (χ3n) is 5.06. The van der Waals surface area contributed by atoms with Crippen LogP contribution >= 0.6 is 0 Å². The number of morpholine rings is 1. The van der Waals surface area contributed by atoms with Gasteiger partial charge in [0.05, 0.1) is 37.7 Å². The van der Waals surface area contributed by atoms with Crippen molar-refractivity contribution in [2.75, 3.05) is 32.8 Å². The average Bonchev–Trinajstić information content (AvgIpc) is 3.11. The van der Waals surface area contributed by atoms with E-state index >= 15 is 0 Å². The molecule has 2 aromatic rings. The van der Waals surface area contributed by atoms with Crippen LogP contribution in [0.2, 0.25) is 0 Å². The minimum atomic E-state index is -0.565. The van der Waals surface area contributed by atoms with Gasteiger partial charge in [-0.05, 0) is 36.8 Å². The van der Waals surface area contributed by atoms with Crippen LogP contribution in [-0.4, -0.2) is 70.2 Å². The first-order valence-corrected chi connectivity index (χ1v) is 8.81. The predicted molar refractivity (Wildman–Crippen MR) is 93.5 cm³/mol. The van der Waals surface area contributed by atoms with Crippen molar-refractivity contribution in [2.45, 2.75) is 12.0 Å². The quantitative estimate of drug-likeness (QED) is 0.798. The van der Waals surface area contributed by atoms with E-state index < -0.39 is 5.60 Å². The third kappa shape index (κ3) is 3.52. The summed E-state index contributed by atoms with van der Waals surface area (Å²) in [4.78, 5) is 28.8. The van der Waals surface area contributed by atoms with Gasteiger partial charge in [-0.1, -0.05) is 0 Å². The molecule has 0 aliphatic carbocycles. The maximum Gasteiger partial charge on any atom is 0.255 e. The van der Waals surface area contributed by atoms with E-state index in [1.54, 1.807) is 15.9 Å². The molecule has 3 heterocycles. The van der Waals surface area contributed by atoms with Crippen molar-refractivity contribution < 1.29 is 18.7 Å². The first-order valence-electron chi connectivity index (χ1n) is 8.81. The lowest BCUT2D eigenvalue weighted by molar-refractivity contribution is -0.0904. The smallest absolute Gasteiger partial charge is 0.255 e. The minimum absolute atomic E-state index is 0.115. The largest absolute Gasteiger partial charge is 0.369 e. The van der Waals surface area contributed by atoms with Crippen molar-refractivity contribution >= 4 is 11.8 Å². The van der Waals surface area contributed by atoms with Crippen LogP contribution in [0.25, 0.3) is 0 Å². The molecule has 0 unspecified atom stereocenters. The minimum Gasteiger partial charge on any atom is -0.369 e. The van der Waals surface area contributed by atoms with Gasteiger partial charge in [0.15, 0.2) is 0 Å². The topological polar surface area (TPSA) is 75.6 Å². The van der Waals surface area contributed by atoms with Gasteiger partial charge in [-0.2, -0.15) is 10.2 Å². The average molecular weight is 370 g/mol. The Balaban J connectivity index is 1.45. The maximum atomic E-state index is 13.1. The van der Waals surface area contributed by atoms with Crippen molar-refractivity contribution in [2.24, 2.45) is 0 Å². The Hall–Kier alpha value is -2.87. The van der Waals surface area contributed by atoms with E-state index in [0.717, 1.165) is 0 Å². The Labute approximate surface area is 155 Å². The molecule has 8 heteroatoms. The van der Waals surface area contributed by atoms with Crippen molar-refractivity contribution in [1.29, 1.82) is 0 Å². The molecule has 1 spiro atoms. The van der Waals surface area contributed by atoms with E-state index in [2.05, 4.69) is 10.2 Å². The molecule has 2 aliphatic rings. The lowest BCUT2D eigenvalue weighted by Crippen LogP contribution is -2.55. The highest BCUT2D eigenvalue weighted by Gasteiger charge is 2.45. The van der Waals surface area contributed by atoms with Crippen LogP contribution < -0.4 is 0 Å². The zero-order valence-electron chi connectivity index (χ0n) is 14.7. The van der Waals surface area contributed by atoms with Gasteiger partial charge in [-0.25, -0.2) is 4.39 Å². The first-order chi connectivity index (χ1) is 13.1. The normalized spacial score (nSPS) is 22.3. The number of carbonyl (C=O) groups is 2. The molecule has 4 rings (SSSR count). The third-order valence-corrected chi connectivity index (χ3v) is 5.06. The molecule has 2 amide bonds. The number of rotatable bonds is 2. The lowest BCUT2D eigenvalue weighted by atomic mass is 10.00. The fraction of sp³-hybridized carbons (Fsp3) is 0.368. The van der Waals surface area contributed by atoms with Crippen molar-refractivity contribution in [3.63, 3.8) is 0 Å². The molecule has 0 saturated carbocycles. The standard InChI is InChI=1S/C19H19FN4O3/c20-16-3-1-14(2-4-16)17(25)23-8-6-19(12-23)13-24(9-10-27-19)18(26)15-5-7-21-22-11-15/h1-5,7,11H,6,8-10,12-13H2/t19-/m1/s1. The molecule has 0 bridgehead atoms. The Morgan fingerprint density at radius 1 is 0.963 bits per heavy atom. The second-order valence-electron chi connectivity index (χ2n) is 6.87. The maximum absolute atomic E-state index is 13.1. The van der Waals surface area contributed by atoms with E-state index in [1.807, 2.05) is 0 Å². The number of hydrogen-bond acceptors (Lipinski definition) is 5. The summed E-state index contributed by atoms with van der Waals surface area (Å²) in [6.07, 6.45) is 3.59. The Bertz CT molecular complexity index is 846. The van der Waals surface area contributed by atoms with E-state index in [0.29, 0.717) is 50.3 Å². The van der Waals surface area contributed by atoms with Gasteiger partial charge in [0.2, 0.25) is 0 Å². The van der Waals surface area contributed by atoms with Crippen LogP contribution in [0.15, 0.2) is 42.7 Å². The fourth-order valence-electron chi connectivity index (χ4n) is 3.66. The highest BCUT2D eigenvalue weighted by Crippen LogP contribution is 2.30. The van der Waals surface area contributed by atoms with Crippen LogP contribution in [0.1, 0.15) is 27.1 Å². The van der Waals surface area contributed by atoms with E-state index in [4.69, 9.17) is 4.74 Å². The number of hydrogen-bond donors (Lipinski definition) is 0. The number of benzene rings is 1. The van der Waals surface area contributed by atoms with Crippen molar-refractivity contribution in [1.82, 2.24) is 20.0 Å². The summed E-state index contributed by atoms with van der Waals surface area (Å²) < 4.78 is 19.1. The summed E-state index contributed by atoms with van der Waals surface area (Å²) in [5.74, 6) is -0.645. The summed E-state index contributed by atoms with van der Waals surface area (Å²) in [6.45, 7) is 2.27. The van der Waals surface area contributed by atoms with Crippen molar-refractivity contribution in [3.8, 4) is 0 Å². The van der Waals surface area contributed by atoms with Gasteiger partial charge in [-0.15, -0.1) is 0 Å². The van der Waals surface area contributed by atoms with Crippen LogP contribution in [0.5, 0.6) is 0 Å². The molecular formula is C19H19FN4O3. The molecule has 0 radical (unpaired) electrons. The van der Waals surface area contributed by atoms with Gasteiger partial charge in [-0.3, -0.25) is 9.59 Å². The molecule has 0 N–H and O–H groups in total.